The third-order valence-corrected chi connectivity index (χ3v) is 5.10. The molecule has 3 rings (SSSR count). The van der Waals surface area contributed by atoms with Gasteiger partial charge in [0.2, 0.25) is 0 Å². The molecule has 0 fully saturated rings. The smallest absolute Gasteiger partial charge is 0.262 e. The van der Waals surface area contributed by atoms with Gasteiger partial charge >= 0.3 is 0 Å². The van der Waals surface area contributed by atoms with Crippen molar-refractivity contribution in [2.45, 2.75) is 40.2 Å². The number of rotatable bonds is 5. The zero-order chi connectivity index (χ0) is 17.3. The molecule has 0 N–H and O–H groups in total. The monoisotopic (exact) mass is 344 g/mol. The Labute approximate surface area is 144 Å². The number of benzene rings is 1. The summed E-state index contributed by atoms with van der Waals surface area (Å²) in [5.41, 5.74) is 4.14. The lowest BCUT2D eigenvalue weighted by Crippen LogP contribution is -2.26. The van der Waals surface area contributed by atoms with Crippen molar-refractivity contribution >= 4 is 21.6 Å². The quantitative estimate of drug-likeness (QED) is 0.674. The second-order valence-electron chi connectivity index (χ2n) is 6.07. The van der Waals surface area contributed by atoms with E-state index in [1.165, 1.54) is 21.5 Å². The number of nitrogens with zero attached hydrogens (tertiary/aromatic N) is 2. The van der Waals surface area contributed by atoms with Crippen LogP contribution in [0.15, 0.2) is 28.4 Å². The van der Waals surface area contributed by atoms with E-state index in [1.54, 1.807) is 0 Å². The van der Waals surface area contributed by atoms with E-state index >= 15 is 0 Å². The fourth-order valence-corrected chi connectivity index (χ4v) is 4.06. The van der Waals surface area contributed by atoms with Crippen LogP contribution in [0.2, 0.25) is 0 Å². The Hall–Kier alpha value is -2.01. The second kappa shape index (κ2) is 6.85. The Balaban J connectivity index is 2.28. The first-order chi connectivity index (χ1) is 11.6. The normalized spacial score (nSPS) is 11.3. The second-order valence-corrected chi connectivity index (χ2v) is 6.93. The summed E-state index contributed by atoms with van der Waals surface area (Å²) in [5, 5.41) is 2.60. The van der Waals surface area contributed by atoms with E-state index in [1.807, 2.05) is 31.4 Å². The van der Waals surface area contributed by atoms with E-state index in [2.05, 4.69) is 18.0 Å². The summed E-state index contributed by atoms with van der Waals surface area (Å²) in [6, 6.07) is 6.20. The SMILES string of the molecule is CCCc1nc2scc(-c3ccc(C)cc3C)c2c(=O)n1CCF. The molecule has 24 heavy (non-hydrogen) atoms. The van der Waals surface area contributed by atoms with Crippen molar-refractivity contribution in [2.24, 2.45) is 0 Å². The maximum atomic E-state index is 13.0. The first kappa shape index (κ1) is 16.8. The van der Waals surface area contributed by atoms with Gasteiger partial charge in [-0.15, -0.1) is 11.3 Å². The zero-order valence-electron chi connectivity index (χ0n) is 14.2. The summed E-state index contributed by atoms with van der Waals surface area (Å²) in [5.74, 6) is 0.682. The summed E-state index contributed by atoms with van der Waals surface area (Å²) >= 11 is 1.48. The molecule has 0 spiro atoms. The molecule has 0 amide bonds. The predicted molar refractivity (Wildman–Crippen MR) is 98.8 cm³/mol. The molecular formula is C19H21FN2OS. The lowest BCUT2D eigenvalue weighted by molar-refractivity contribution is 0.431. The van der Waals surface area contributed by atoms with E-state index < -0.39 is 6.67 Å². The van der Waals surface area contributed by atoms with Gasteiger partial charge in [-0.1, -0.05) is 30.7 Å². The average molecular weight is 344 g/mol. The Kier molecular flexibility index (Phi) is 4.81. The number of halogens is 1. The molecule has 0 aliphatic rings. The van der Waals surface area contributed by atoms with Gasteiger partial charge in [0.25, 0.3) is 5.56 Å². The maximum Gasteiger partial charge on any atom is 0.262 e. The zero-order valence-corrected chi connectivity index (χ0v) is 15.0. The minimum atomic E-state index is -0.563. The molecule has 0 atom stereocenters. The molecule has 0 aliphatic carbocycles. The fraction of sp³-hybridized carbons (Fsp3) is 0.368. The molecule has 0 saturated carbocycles. The van der Waals surface area contributed by atoms with Gasteiger partial charge in [0.15, 0.2) is 0 Å². The van der Waals surface area contributed by atoms with Crippen molar-refractivity contribution in [2.75, 3.05) is 6.67 Å². The van der Waals surface area contributed by atoms with Gasteiger partial charge in [0, 0.05) is 17.4 Å². The predicted octanol–water partition coefficient (Wildman–Crippen LogP) is 4.66. The number of hydrogen-bond acceptors (Lipinski definition) is 3. The number of aryl methyl sites for hydroxylation is 3. The van der Waals surface area contributed by atoms with E-state index in [0.29, 0.717) is 17.6 Å². The largest absolute Gasteiger partial charge is 0.293 e. The minimum Gasteiger partial charge on any atom is -0.293 e. The number of aromatic nitrogens is 2. The summed E-state index contributed by atoms with van der Waals surface area (Å²) in [6.07, 6.45) is 1.56. The van der Waals surface area contributed by atoms with Crippen molar-refractivity contribution in [3.8, 4) is 11.1 Å². The van der Waals surface area contributed by atoms with Crippen LogP contribution in [0.5, 0.6) is 0 Å². The topological polar surface area (TPSA) is 34.9 Å². The Morgan fingerprint density at radius 2 is 2.04 bits per heavy atom. The van der Waals surface area contributed by atoms with E-state index in [4.69, 9.17) is 0 Å². The highest BCUT2D eigenvalue weighted by molar-refractivity contribution is 7.17. The molecule has 1 aromatic carbocycles. The Morgan fingerprint density at radius 3 is 2.71 bits per heavy atom. The van der Waals surface area contributed by atoms with Crippen LogP contribution >= 0.6 is 11.3 Å². The summed E-state index contributed by atoms with van der Waals surface area (Å²) in [7, 11) is 0. The van der Waals surface area contributed by atoms with Crippen LogP contribution in [0.1, 0.15) is 30.3 Å². The Morgan fingerprint density at radius 1 is 1.25 bits per heavy atom. The van der Waals surface area contributed by atoms with Gasteiger partial charge in [-0.25, -0.2) is 9.37 Å². The molecule has 2 aromatic heterocycles. The number of alkyl halides is 1. The molecule has 3 aromatic rings. The lowest BCUT2D eigenvalue weighted by atomic mass is 9.99. The highest BCUT2D eigenvalue weighted by atomic mass is 32.1. The lowest BCUT2D eigenvalue weighted by Gasteiger charge is -2.11. The van der Waals surface area contributed by atoms with Gasteiger partial charge in [-0.2, -0.15) is 0 Å². The molecule has 0 saturated heterocycles. The fourth-order valence-electron chi connectivity index (χ4n) is 3.11. The van der Waals surface area contributed by atoms with Gasteiger partial charge < -0.3 is 0 Å². The van der Waals surface area contributed by atoms with Gasteiger partial charge in [0.05, 0.1) is 11.9 Å². The molecule has 0 radical (unpaired) electrons. The van der Waals surface area contributed by atoms with E-state index in [-0.39, 0.29) is 12.1 Å². The van der Waals surface area contributed by atoms with E-state index in [9.17, 15) is 9.18 Å². The van der Waals surface area contributed by atoms with Crippen LogP contribution in [-0.4, -0.2) is 16.2 Å². The van der Waals surface area contributed by atoms with Crippen LogP contribution in [-0.2, 0) is 13.0 Å². The molecule has 3 nitrogen and oxygen atoms in total. The van der Waals surface area contributed by atoms with Gasteiger partial charge in [-0.05, 0) is 31.4 Å². The van der Waals surface area contributed by atoms with Crippen molar-refractivity contribution in [1.82, 2.24) is 9.55 Å². The molecule has 0 bridgehead atoms. The van der Waals surface area contributed by atoms with Crippen LogP contribution in [0.25, 0.3) is 21.3 Å². The average Bonchev–Trinajstić information content (AvgIpc) is 2.95. The Bertz CT molecular complexity index is 942. The molecule has 0 aliphatic heterocycles. The van der Waals surface area contributed by atoms with E-state index in [0.717, 1.165) is 27.9 Å². The van der Waals surface area contributed by atoms with Crippen molar-refractivity contribution in [3.05, 3.63) is 50.9 Å². The number of thiophene rings is 1. The first-order valence-corrected chi connectivity index (χ1v) is 9.09. The van der Waals surface area contributed by atoms with Crippen LogP contribution < -0.4 is 5.56 Å². The third kappa shape index (κ3) is 2.88. The summed E-state index contributed by atoms with van der Waals surface area (Å²) < 4.78 is 14.5. The standard InChI is InChI=1S/C19H21FN2OS/c1-4-5-16-21-18-17(19(23)22(16)9-8-20)15(11-24-18)14-7-6-12(2)10-13(14)3/h6-7,10-11H,4-5,8-9H2,1-3H3. The highest BCUT2D eigenvalue weighted by Crippen LogP contribution is 2.33. The molecule has 126 valence electrons. The minimum absolute atomic E-state index is 0.0687. The van der Waals surface area contributed by atoms with Crippen molar-refractivity contribution in [3.63, 3.8) is 0 Å². The maximum absolute atomic E-state index is 13.0. The summed E-state index contributed by atoms with van der Waals surface area (Å²) in [4.78, 5) is 18.4. The first-order valence-electron chi connectivity index (χ1n) is 8.21. The molecular weight excluding hydrogens is 323 g/mol. The van der Waals surface area contributed by atoms with Crippen LogP contribution in [0.4, 0.5) is 4.39 Å². The molecule has 5 heteroatoms. The summed E-state index contributed by atoms with van der Waals surface area (Å²) in [6.45, 7) is 5.64. The number of fused-ring (bicyclic) bond motifs is 1. The van der Waals surface area contributed by atoms with Crippen molar-refractivity contribution in [1.29, 1.82) is 0 Å². The van der Waals surface area contributed by atoms with Crippen LogP contribution in [0, 0.1) is 13.8 Å². The highest BCUT2D eigenvalue weighted by Gasteiger charge is 2.17. The third-order valence-electron chi connectivity index (χ3n) is 4.23. The van der Waals surface area contributed by atoms with Crippen molar-refractivity contribution < 1.29 is 4.39 Å². The van der Waals surface area contributed by atoms with Gasteiger partial charge in [0.1, 0.15) is 17.3 Å². The number of hydrogen-bond donors (Lipinski definition) is 0. The molecule has 0 unspecified atom stereocenters. The van der Waals surface area contributed by atoms with Crippen LogP contribution in [0.3, 0.4) is 0 Å². The van der Waals surface area contributed by atoms with Gasteiger partial charge in [-0.3, -0.25) is 9.36 Å². The molecule has 2 heterocycles.